The minimum absolute atomic E-state index is 0.125. The summed E-state index contributed by atoms with van der Waals surface area (Å²) in [5.41, 5.74) is 4.47. The molecule has 0 aliphatic carbocycles. The summed E-state index contributed by atoms with van der Waals surface area (Å²) in [4.78, 5) is 29.3. The molecule has 0 spiro atoms. The average Bonchev–Trinajstić information content (AvgIpc) is 3.19. The Hall–Kier alpha value is -3.39. The Labute approximate surface area is 175 Å². The smallest absolute Gasteiger partial charge is 0.344 e. The molecular formula is C22H20N2O5S. The molecule has 0 unspecified atom stereocenters. The van der Waals surface area contributed by atoms with Crippen LogP contribution in [0.1, 0.15) is 23.6 Å². The first-order valence-electron chi connectivity index (χ1n) is 9.30. The first kappa shape index (κ1) is 19.9. The highest BCUT2D eigenvalue weighted by molar-refractivity contribution is 7.15. The van der Waals surface area contributed by atoms with Crippen LogP contribution in [0.3, 0.4) is 0 Å². The SMILES string of the molecule is COc1cc(C=c2sc3nc4cc(C)c(C)cc4n3c2=O)ccc1O[C@H](C)C(=O)O. The molecule has 0 fully saturated rings. The van der Waals surface area contributed by atoms with Gasteiger partial charge in [-0.25, -0.2) is 14.2 Å². The van der Waals surface area contributed by atoms with Crippen molar-refractivity contribution in [3.05, 3.63) is 61.9 Å². The third-order valence-corrected chi connectivity index (χ3v) is 5.96. The van der Waals surface area contributed by atoms with Crippen LogP contribution in [0, 0.1) is 13.8 Å². The Morgan fingerprint density at radius 1 is 1.20 bits per heavy atom. The van der Waals surface area contributed by atoms with Gasteiger partial charge in [0.05, 0.1) is 22.7 Å². The summed E-state index contributed by atoms with van der Waals surface area (Å²) < 4.78 is 12.9. The summed E-state index contributed by atoms with van der Waals surface area (Å²) in [6.45, 7) is 5.48. The maximum absolute atomic E-state index is 13.0. The van der Waals surface area contributed by atoms with E-state index in [-0.39, 0.29) is 5.56 Å². The van der Waals surface area contributed by atoms with Crippen molar-refractivity contribution < 1.29 is 19.4 Å². The Kier molecular flexibility index (Phi) is 4.95. The number of aromatic nitrogens is 2. The number of aryl methyl sites for hydroxylation is 2. The van der Waals surface area contributed by atoms with Crippen LogP contribution in [0.5, 0.6) is 11.5 Å². The van der Waals surface area contributed by atoms with Crippen LogP contribution in [-0.2, 0) is 4.79 Å². The first-order valence-corrected chi connectivity index (χ1v) is 10.1. The first-order chi connectivity index (χ1) is 14.3. The largest absolute Gasteiger partial charge is 0.493 e. The summed E-state index contributed by atoms with van der Waals surface area (Å²) in [6, 6.07) is 9.07. The van der Waals surface area contributed by atoms with Gasteiger partial charge in [-0.2, -0.15) is 0 Å². The number of benzene rings is 2. The van der Waals surface area contributed by atoms with Gasteiger partial charge in [-0.3, -0.25) is 4.79 Å². The lowest BCUT2D eigenvalue weighted by Gasteiger charge is -2.14. The van der Waals surface area contributed by atoms with E-state index in [2.05, 4.69) is 4.98 Å². The fraction of sp³-hybridized carbons (Fsp3) is 0.227. The van der Waals surface area contributed by atoms with Crippen molar-refractivity contribution >= 4 is 39.4 Å². The van der Waals surface area contributed by atoms with Gasteiger partial charge >= 0.3 is 5.97 Å². The molecule has 2 aromatic carbocycles. The highest BCUT2D eigenvalue weighted by Crippen LogP contribution is 2.29. The van der Waals surface area contributed by atoms with Crippen LogP contribution in [0.2, 0.25) is 0 Å². The average molecular weight is 424 g/mol. The molecule has 4 rings (SSSR count). The van der Waals surface area contributed by atoms with E-state index in [9.17, 15) is 9.59 Å². The fourth-order valence-electron chi connectivity index (χ4n) is 3.18. The fourth-order valence-corrected chi connectivity index (χ4v) is 4.17. The zero-order valence-electron chi connectivity index (χ0n) is 16.9. The molecule has 30 heavy (non-hydrogen) atoms. The third kappa shape index (κ3) is 3.39. The molecule has 0 aliphatic heterocycles. The predicted molar refractivity (Wildman–Crippen MR) is 116 cm³/mol. The zero-order valence-corrected chi connectivity index (χ0v) is 17.7. The summed E-state index contributed by atoms with van der Waals surface area (Å²) in [5.74, 6) is -0.352. The Morgan fingerprint density at radius 2 is 1.93 bits per heavy atom. The minimum Gasteiger partial charge on any atom is -0.493 e. The van der Waals surface area contributed by atoms with E-state index >= 15 is 0 Å². The summed E-state index contributed by atoms with van der Waals surface area (Å²) in [6.07, 6.45) is 0.758. The molecule has 0 saturated carbocycles. The topological polar surface area (TPSA) is 90.1 Å². The molecule has 7 nitrogen and oxygen atoms in total. The predicted octanol–water partition coefficient (Wildman–Crippen LogP) is 2.93. The molecule has 8 heteroatoms. The lowest BCUT2D eigenvalue weighted by molar-refractivity contribution is -0.144. The van der Waals surface area contributed by atoms with Crippen LogP contribution in [0.15, 0.2) is 35.1 Å². The number of carboxylic acids is 1. The van der Waals surface area contributed by atoms with Crippen LogP contribution >= 0.6 is 11.3 Å². The number of rotatable bonds is 5. The van der Waals surface area contributed by atoms with Gasteiger partial charge in [0.25, 0.3) is 5.56 Å². The van der Waals surface area contributed by atoms with E-state index in [0.29, 0.717) is 21.0 Å². The number of carbonyl (C=O) groups is 1. The van der Waals surface area contributed by atoms with E-state index in [0.717, 1.165) is 27.7 Å². The van der Waals surface area contributed by atoms with E-state index in [1.165, 1.54) is 25.4 Å². The number of hydrogen-bond acceptors (Lipinski definition) is 6. The second kappa shape index (κ2) is 7.46. The van der Waals surface area contributed by atoms with Crippen molar-refractivity contribution in [1.29, 1.82) is 0 Å². The Balaban J connectivity index is 1.79. The van der Waals surface area contributed by atoms with Gasteiger partial charge in [-0.1, -0.05) is 17.4 Å². The Bertz CT molecular complexity index is 1400. The Morgan fingerprint density at radius 3 is 2.63 bits per heavy atom. The van der Waals surface area contributed by atoms with Crippen molar-refractivity contribution in [2.75, 3.05) is 7.11 Å². The number of carboxylic acid groups (broad SMARTS) is 1. The van der Waals surface area contributed by atoms with Gasteiger partial charge < -0.3 is 14.6 Å². The van der Waals surface area contributed by atoms with Crippen molar-refractivity contribution in [2.24, 2.45) is 0 Å². The molecule has 2 aromatic heterocycles. The summed E-state index contributed by atoms with van der Waals surface area (Å²) in [5, 5.41) is 9.03. The zero-order chi connectivity index (χ0) is 21.6. The van der Waals surface area contributed by atoms with Gasteiger partial charge in [0.1, 0.15) is 0 Å². The standard InChI is InChI=1S/C22H20N2O5S/c1-11-7-15-16(8-12(11)2)24-20(25)19(30-22(24)23-15)10-14-5-6-17(18(9-14)28-4)29-13(3)21(26)27/h5-10,13H,1-4H3,(H,26,27)/t13-/m1/s1. The van der Waals surface area contributed by atoms with E-state index in [4.69, 9.17) is 14.6 Å². The molecule has 2 heterocycles. The van der Waals surface area contributed by atoms with Gasteiger partial charge in [-0.15, -0.1) is 0 Å². The number of hydrogen-bond donors (Lipinski definition) is 1. The maximum Gasteiger partial charge on any atom is 0.344 e. The second-order valence-corrected chi connectivity index (χ2v) is 8.09. The van der Waals surface area contributed by atoms with Crippen molar-refractivity contribution in [1.82, 2.24) is 9.38 Å². The van der Waals surface area contributed by atoms with Gasteiger partial charge in [-0.05, 0) is 67.8 Å². The van der Waals surface area contributed by atoms with E-state index in [1.54, 1.807) is 28.7 Å². The molecular weight excluding hydrogens is 404 g/mol. The number of ether oxygens (including phenoxy) is 2. The van der Waals surface area contributed by atoms with Crippen molar-refractivity contribution in [3.8, 4) is 11.5 Å². The molecule has 154 valence electrons. The molecule has 0 aliphatic rings. The number of fused-ring (bicyclic) bond motifs is 3. The van der Waals surface area contributed by atoms with Crippen LogP contribution < -0.4 is 19.6 Å². The molecule has 4 aromatic rings. The van der Waals surface area contributed by atoms with Crippen LogP contribution in [0.4, 0.5) is 0 Å². The van der Waals surface area contributed by atoms with Gasteiger partial charge in [0.2, 0.25) is 0 Å². The number of methoxy groups -OCH3 is 1. The molecule has 0 amide bonds. The van der Waals surface area contributed by atoms with Crippen LogP contribution in [-0.4, -0.2) is 33.7 Å². The molecule has 0 saturated heterocycles. The number of thiazole rings is 1. The minimum atomic E-state index is -1.07. The lowest BCUT2D eigenvalue weighted by Crippen LogP contribution is -2.23. The number of imidazole rings is 1. The molecule has 1 atom stereocenters. The van der Waals surface area contributed by atoms with Crippen molar-refractivity contribution in [2.45, 2.75) is 26.9 Å². The van der Waals surface area contributed by atoms with Gasteiger partial charge in [0.15, 0.2) is 22.6 Å². The number of aliphatic carboxylic acids is 1. The quantitative estimate of drug-likeness (QED) is 0.530. The summed E-state index contributed by atoms with van der Waals surface area (Å²) in [7, 11) is 1.48. The normalized spacial score (nSPS) is 13.1. The molecule has 1 N–H and O–H groups in total. The maximum atomic E-state index is 13.0. The second-order valence-electron chi connectivity index (χ2n) is 7.08. The number of nitrogens with zero attached hydrogens (tertiary/aromatic N) is 2. The van der Waals surface area contributed by atoms with E-state index < -0.39 is 12.1 Å². The third-order valence-electron chi connectivity index (χ3n) is 4.99. The lowest BCUT2D eigenvalue weighted by atomic mass is 10.1. The van der Waals surface area contributed by atoms with Crippen molar-refractivity contribution in [3.63, 3.8) is 0 Å². The summed E-state index contributed by atoms with van der Waals surface area (Å²) >= 11 is 1.32. The van der Waals surface area contributed by atoms with Gasteiger partial charge in [0, 0.05) is 0 Å². The highest BCUT2D eigenvalue weighted by Gasteiger charge is 2.16. The molecule has 0 bridgehead atoms. The van der Waals surface area contributed by atoms with E-state index in [1.807, 2.05) is 26.0 Å². The van der Waals surface area contributed by atoms with Crippen LogP contribution in [0.25, 0.3) is 22.1 Å². The monoisotopic (exact) mass is 424 g/mol. The highest BCUT2D eigenvalue weighted by atomic mass is 32.1. The molecule has 0 radical (unpaired) electrons.